The van der Waals surface area contributed by atoms with E-state index in [2.05, 4.69) is 5.32 Å². The lowest BCUT2D eigenvalue weighted by molar-refractivity contribution is -0.139. The minimum Gasteiger partial charge on any atom is -0.457 e. The van der Waals surface area contributed by atoms with E-state index in [4.69, 9.17) is 16.3 Å². The number of nitrogens with one attached hydrogen (secondary N) is 1. The number of para-hydroxylation sites is 1. The number of rotatable bonds is 11. The van der Waals surface area contributed by atoms with Crippen LogP contribution in [0.15, 0.2) is 108 Å². The van der Waals surface area contributed by atoms with Gasteiger partial charge in [-0.2, -0.15) is 0 Å². The predicted molar refractivity (Wildman–Crippen MR) is 164 cm³/mol. The molecule has 0 fully saturated rings. The van der Waals surface area contributed by atoms with Crippen LogP contribution in [0.4, 0.5) is 5.69 Å². The molecule has 0 radical (unpaired) electrons. The molecule has 218 valence electrons. The summed E-state index contributed by atoms with van der Waals surface area (Å²) in [5.41, 5.74) is 1.90. The fourth-order valence-electron chi connectivity index (χ4n) is 4.25. The van der Waals surface area contributed by atoms with Crippen LogP contribution >= 0.6 is 11.6 Å². The Bertz CT molecular complexity index is 1610. The second-order valence-corrected chi connectivity index (χ2v) is 12.0. The number of nitrogens with zero attached hydrogens (tertiary/aromatic N) is 2. The third-order valence-corrected chi connectivity index (χ3v) is 8.71. The zero-order chi connectivity index (χ0) is 30.3. The van der Waals surface area contributed by atoms with Crippen molar-refractivity contribution in [1.29, 1.82) is 0 Å². The molecule has 1 atom stereocenters. The lowest BCUT2D eigenvalue weighted by Gasteiger charge is -2.31. The van der Waals surface area contributed by atoms with E-state index in [0.29, 0.717) is 16.5 Å². The Balaban J connectivity index is 1.69. The Hall–Kier alpha value is -4.34. The fraction of sp³-hybridized carbons (Fsp3) is 0.188. The monoisotopic (exact) mass is 605 g/mol. The van der Waals surface area contributed by atoms with E-state index in [1.54, 1.807) is 67.6 Å². The van der Waals surface area contributed by atoms with Crippen LogP contribution in [-0.4, -0.2) is 44.8 Å². The molecule has 42 heavy (non-hydrogen) atoms. The molecule has 0 bridgehead atoms. The van der Waals surface area contributed by atoms with Crippen LogP contribution in [0.2, 0.25) is 5.02 Å². The molecule has 4 aromatic rings. The molecule has 0 aliphatic carbocycles. The van der Waals surface area contributed by atoms with E-state index in [9.17, 15) is 18.0 Å². The lowest BCUT2D eigenvalue weighted by atomic mass is 10.1. The van der Waals surface area contributed by atoms with E-state index in [-0.39, 0.29) is 23.0 Å². The molecule has 4 aromatic carbocycles. The van der Waals surface area contributed by atoms with Crippen molar-refractivity contribution >= 4 is 39.1 Å². The first-order chi connectivity index (χ1) is 20.1. The highest BCUT2D eigenvalue weighted by atomic mass is 35.5. The average molecular weight is 606 g/mol. The molecule has 0 unspecified atom stereocenters. The summed E-state index contributed by atoms with van der Waals surface area (Å²) in [6.07, 6.45) is 0. The number of sulfonamides is 1. The van der Waals surface area contributed by atoms with Crippen LogP contribution in [-0.2, 0) is 26.2 Å². The van der Waals surface area contributed by atoms with Crippen molar-refractivity contribution in [3.8, 4) is 11.5 Å². The normalized spacial score (nSPS) is 11.8. The number of hydrogen-bond acceptors (Lipinski definition) is 5. The maximum Gasteiger partial charge on any atom is 0.264 e. The van der Waals surface area contributed by atoms with Crippen molar-refractivity contribution < 1.29 is 22.7 Å². The van der Waals surface area contributed by atoms with Crippen molar-refractivity contribution in [3.63, 3.8) is 0 Å². The fourth-order valence-corrected chi connectivity index (χ4v) is 5.79. The third-order valence-electron chi connectivity index (χ3n) is 6.67. The molecule has 2 amide bonds. The van der Waals surface area contributed by atoms with E-state index < -0.39 is 28.5 Å². The highest BCUT2D eigenvalue weighted by molar-refractivity contribution is 7.92. The van der Waals surface area contributed by atoms with Crippen LogP contribution in [0.5, 0.6) is 11.5 Å². The largest absolute Gasteiger partial charge is 0.457 e. The van der Waals surface area contributed by atoms with E-state index in [1.165, 1.54) is 24.1 Å². The maximum absolute atomic E-state index is 14.0. The molecule has 10 heteroatoms. The van der Waals surface area contributed by atoms with Gasteiger partial charge in [0.2, 0.25) is 11.8 Å². The van der Waals surface area contributed by atoms with E-state index in [1.807, 2.05) is 37.3 Å². The zero-order valence-corrected chi connectivity index (χ0v) is 25.1. The van der Waals surface area contributed by atoms with Crippen molar-refractivity contribution in [2.45, 2.75) is 31.3 Å². The van der Waals surface area contributed by atoms with Crippen LogP contribution in [0.3, 0.4) is 0 Å². The molecule has 4 rings (SSSR count). The molecule has 0 spiro atoms. The summed E-state index contributed by atoms with van der Waals surface area (Å²) in [6, 6.07) is 28.1. The number of ether oxygens (including phenoxy) is 1. The summed E-state index contributed by atoms with van der Waals surface area (Å²) in [4.78, 5) is 27.9. The van der Waals surface area contributed by atoms with Gasteiger partial charge in [-0.25, -0.2) is 8.42 Å². The number of aryl methyl sites for hydroxylation is 1. The SMILES string of the molecule is CNC(=O)[C@H](C)N(Cc1ccc(Cl)cc1)C(=O)CN(c1ccc(Oc2ccccc2)cc1)S(=O)(=O)c1ccc(C)cc1. The van der Waals surface area contributed by atoms with Crippen LogP contribution in [0.25, 0.3) is 0 Å². The van der Waals surface area contributed by atoms with E-state index in [0.717, 1.165) is 15.4 Å². The quantitative estimate of drug-likeness (QED) is 0.233. The smallest absolute Gasteiger partial charge is 0.264 e. The topological polar surface area (TPSA) is 96.0 Å². The molecule has 0 saturated carbocycles. The molecule has 0 aliphatic rings. The highest BCUT2D eigenvalue weighted by Gasteiger charge is 2.32. The second-order valence-electron chi connectivity index (χ2n) is 9.67. The zero-order valence-electron chi connectivity index (χ0n) is 23.5. The van der Waals surface area contributed by atoms with Gasteiger partial charge in [-0.1, -0.05) is 59.6 Å². The van der Waals surface area contributed by atoms with Gasteiger partial charge in [0, 0.05) is 18.6 Å². The van der Waals surface area contributed by atoms with Gasteiger partial charge in [-0.3, -0.25) is 13.9 Å². The molecular formula is C32H32ClN3O5S. The van der Waals surface area contributed by atoms with Gasteiger partial charge in [-0.05, 0) is 80.1 Å². The molecular weight excluding hydrogens is 574 g/mol. The summed E-state index contributed by atoms with van der Waals surface area (Å²) >= 11 is 6.03. The van der Waals surface area contributed by atoms with Gasteiger partial charge in [-0.15, -0.1) is 0 Å². The Morgan fingerprint density at radius 3 is 2.05 bits per heavy atom. The first-order valence-electron chi connectivity index (χ1n) is 13.3. The number of benzene rings is 4. The van der Waals surface area contributed by atoms with Gasteiger partial charge in [0.25, 0.3) is 10.0 Å². The van der Waals surface area contributed by atoms with Crippen molar-refractivity contribution in [3.05, 3.63) is 119 Å². The number of anilines is 1. The van der Waals surface area contributed by atoms with Crippen LogP contribution in [0.1, 0.15) is 18.1 Å². The Kier molecular flexibility index (Phi) is 9.88. The molecule has 0 heterocycles. The second kappa shape index (κ2) is 13.5. The summed E-state index contributed by atoms with van der Waals surface area (Å²) < 4.78 is 34.8. The molecule has 0 aromatic heterocycles. The van der Waals surface area contributed by atoms with Crippen LogP contribution < -0.4 is 14.4 Å². The summed E-state index contributed by atoms with van der Waals surface area (Å²) in [5.74, 6) is 0.196. The summed E-state index contributed by atoms with van der Waals surface area (Å²) in [6.45, 7) is 3.00. The third kappa shape index (κ3) is 7.48. The van der Waals surface area contributed by atoms with Gasteiger partial charge in [0.05, 0.1) is 10.6 Å². The Morgan fingerprint density at radius 1 is 0.857 bits per heavy atom. The Morgan fingerprint density at radius 2 is 1.45 bits per heavy atom. The average Bonchev–Trinajstić information content (AvgIpc) is 3.00. The molecule has 1 N–H and O–H groups in total. The highest BCUT2D eigenvalue weighted by Crippen LogP contribution is 2.29. The first kappa shape index (κ1) is 30.6. The number of amides is 2. The van der Waals surface area contributed by atoms with Gasteiger partial charge in [0.15, 0.2) is 0 Å². The molecule has 8 nitrogen and oxygen atoms in total. The minimum absolute atomic E-state index is 0.0362. The number of carbonyl (C=O) groups excluding carboxylic acids is 2. The number of hydrogen-bond donors (Lipinski definition) is 1. The van der Waals surface area contributed by atoms with Gasteiger partial charge < -0.3 is 15.0 Å². The summed E-state index contributed by atoms with van der Waals surface area (Å²) in [7, 11) is -2.69. The van der Waals surface area contributed by atoms with E-state index >= 15 is 0 Å². The summed E-state index contributed by atoms with van der Waals surface area (Å²) in [5, 5.41) is 3.10. The van der Waals surface area contributed by atoms with Crippen molar-refractivity contribution in [1.82, 2.24) is 10.2 Å². The lowest BCUT2D eigenvalue weighted by Crippen LogP contribution is -2.50. The number of likely N-dealkylation sites (N-methyl/N-ethyl adjacent to an activating group) is 1. The molecule has 0 saturated heterocycles. The number of halogens is 1. The number of carbonyl (C=O) groups is 2. The van der Waals surface area contributed by atoms with Gasteiger partial charge in [0.1, 0.15) is 24.1 Å². The standard InChI is InChI=1S/C32H32ClN3O5S/c1-23-9-19-30(20-10-23)42(39,40)36(27-15-17-29(18-16-27)41-28-7-5-4-6-8-28)22-31(37)35(24(2)32(38)34-3)21-25-11-13-26(33)14-12-25/h4-20,24H,21-22H2,1-3H3,(H,34,38)/t24-/m0/s1. The molecule has 0 aliphatic heterocycles. The first-order valence-corrected chi connectivity index (χ1v) is 15.1. The maximum atomic E-state index is 14.0. The van der Waals surface area contributed by atoms with Gasteiger partial charge >= 0.3 is 0 Å². The Labute approximate surface area is 251 Å². The van der Waals surface area contributed by atoms with Crippen molar-refractivity contribution in [2.75, 3.05) is 17.9 Å². The minimum atomic E-state index is -4.17. The van der Waals surface area contributed by atoms with Crippen molar-refractivity contribution in [2.24, 2.45) is 0 Å². The van der Waals surface area contributed by atoms with Crippen LogP contribution in [0, 0.1) is 6.92 Å². The predicted octanol–water partition coefficient (Wildman–Crippen LogP) is 5.80.